The van der Waals surface area contributed by atoms with Crippen LogP contribution in [-0.2, 0) is 13.6 Å². The summed E-state index contributed by atoms with van der Waals surface area (Å²) in [5.41, 5.74) is 2.38. The van der Waals surface area contributed by atoms with Crippen molar-refractivity contribution >= 4 is 16.8 Å². The second kappa shape index (κ2) is 6.80. The highest BCUT2D eigenvalue weighted by Crippen LogP contribution is 2.26. The molecule has 2 aromatic carbocycles. The first-order valence-electron chi connectivity index (χ1n) is 8.82. The molecule has 0 aliphatic carbocycles. The van der Waals surface area contributed by atoms with Crippen molar-refractivity contribution < 1.29 is 9.90 Å². The maximum Gasteiger partial charge on any atom is 0.251 e. The highest BCUT2D eigenvalue weighted by atomic mass is 16.3. The van der Waals surface area contributed by atoms with Crippen molar-refractivity contribution in [1.82, 2.24) is 20.0 Å². The van der Waals surface area contributed by atoms with Gasteiger partial charge in [-0.3, -0.25) is 14.4 Å². The van der Waals surface area contributed by atoms with Gasteiger partial charge in [-0.2, -0.15) is 5.10 Å². The van der Waals surface area contributed by atoms with E-state index in [1.54, 1.807) is 24.0 Å². The third-order valence-electron chi connectivity index (χ3n) is 4.93. The van der Waals surface area contributed by atoms with E-state index in [9.17, 15) is 9.90 Å². The number of aryl methyl sites for hydroxylation is 1. The molecule has 1 amide bonds. The van der Waals surface area contributed by atoms with Crippen LogP contribution in [0.5, 0.6) is 5.75 Å². The van der Waals surface area contributed by atoms with Crippen LogP contribution in [0.3, 0.4) is 0 Å². The van der Waals surface area contributed by atoms with Crippen LogP contribution in [0.15, 0.2) is 48.7 Å². The minimum atomic E-state index is -0.155. The lowest BCUT2D eigenvalue weighted by atomic mass is 10.1. The molecule has 4 rings (SSSR count). The van der Waals surface area contributed by atoms with Crippen molar-refractivity contribution in [2.45, 2.75) is 19.0 Å². The van der Waals surface area contributed by atoms with E-state index in [4.69, 9.17) is 0 Å². The van der Waals surface area contributed by atoms with Gasteiger partial charge in [0.05, 0.1) is 6.20 Å². The Morgan fingerprint density at radius 2 is 2.12 bits per heavy atom. The number of carbonyl (C=O) groups excluding carboxylic acids is 1. The van der Waals surface area contributed by atoms with Gasteiger partial charge in [-0.1, -0.05) is 30.3 Å². The number of phenolic OH excluding ortho intramolecular Hbond substituents is 1. The molecule has 0 bridgehead atoms. The number of amides is 1. The van der Waals surface area contributed by atoms with Crippen LogP contribution in [-0.4, -0.2) is 44.8 Å². The molecule has 6 heteroatoms. The number of fused-ring (bicyclic) bond motifs is 1. The molecule has 1 aliphatic heterocycles. The second-order valence-corrected chi connectivity index (χ2v) is 6.88. The highest BCUT2D eigenvalue weighted by molar-refractivity contribution is 6.00. The Labute approximate surface area is 152 Å². The third-order valence-corrected chi connectivity index (χ3v) is 4.93. The second-order valence-electron chi connectivity index (χ2n) is 6.88. The summed E-state index contributed by atoms with van der Waals surface area (Å²) in [6.45, 7) is 2.70. The van der Waals surface area contributed by atoms with Crippen LogP contribution >= 0.6 is 0 Å². The van der Waals surface area contributed by atoms with Crippen molar-refractivity contribution in [1.29, 1.82) is 0 Å². The zero-order chi connectivity index (χ0) is 18.1. The van der Waals surface area contributed by atoms with Gasteiger partial charge in [0.15, 0.2) is 0 Å². The first-order chi connectivity index (χ1) is 12.6. The van der Waals surface area contributed by atoms with E-state index >= 15 is 0 Å². The molecular weight excluding hydrogens is 328 g/mol. The number of benzene rings is 2. The number of nitrogens with one attached hydrogen (secondary N) is 1. The van der Waals surface area contributed by atoms with Gasteiger partial charge in [-0.25, -0.2) is 0 Å². The normalized spacial score (nSPS) is 17.7. The fourth-order valence-corrected chi connectivity index (χ4v) is 3.63. The highest BCUT2D eigenvalue weighted by Gasteiger charge is 2.24. The van der Waals surface area contributed by atoms with Gasteiger partial charge < -0.3 is 10.4 Å². The summed E-state index contributed by atoms with van der Waals surface area (Å²) in [7, 11) is 1.77. The monoisotopic (exact) mass is 350 g/mol. The fourth-order valence-electron chi connectivity index (χ4n) is 3.63. The number of phenols is 1. The van der Waals surface area contributed by atoms with Crippen molar-refractivity contribution in [3.05, 3.63) is 59.8 Å². The largest absolute Gasteiger partial charge is 0.506 e. The van der Waals surface area contributed by atoms with E-state index in [0.29, 0.717) is 11.1 Å². The summed E-state index contributed by atoms with van der Waals surface area (Å²) in [5, 5.41) is 18.2. The minimum absolute atomic E-state index is 0.0739. The molecule has 0 radical (unpaired) electrons. The first-order valence-corrected chi connectivity index (χ1v) is 8.82. The average Bonchev–Trinajstić information content (AvgIpc) is 3.22. The Morgan fingerprint density at radius 3 is 2.92 bits per heavy atom. The lowest BCUT2D eigenvalue weighted by molar-refractivity contribution is 0.0937. The Morgan fingerprint density at radius 1 is 1.31 bits per heavy atom. The van der Waals surface area contributed by atoms with E-state index in [1.165, 1.54) is 11.6 Å². The van der Waals surface area contributed by atoms with Gasteiger partial charge in [0.2, 0.25) is 0 Å². The number of hydrogen-bond donors (Lipinski definition) is 2. The zero-order valence-electron chi connectivity index (χ0n) is 14.7. The van der Waals surface area contributed by atoms with E-state index < -0.39 is 0 Å². The van der Waals surface area contributed by atoms with Crippen molar-refractivity contribution in [3.63, 3.8) is 0 Å². The van der Waals surface area contributed by atoms with Crippen LogP contribution in [0.25, 0.3) is 10.9 Å². The fraction of sp³-hybridized carbons (Fsp3) is 0.300. The van der Waals surface area contributed by atoms with Gasteiger partial charge in [0.25, 0.3) is 5.91 Å². The number of aromatic hydroxyl groups is 1. The summed E-state index contributed by atoms with van der Waals surface area (Å²) in [4.78, 5) is 14.9. The smallest absolute Gasteiger partial charge is 0.251 e. The Hall–Kier alpha value is -2.86. The van der Waals surface area contributed by atoms with Crippen LogP contribution in [0, 0.1) is 0 Å². The molecule has 0 unspecified atom stereocenters. The topological polar surface area (TPSA) is 70.4 Å². The van der Waals surface area contributed by atoms with Crippen LogP contribution in [0.1, 0.15) is 22.3 Å². The molecule has 2 heterocycles. The van der Waals surface area contributed by atoms with Crippen LogP contribution < -0.4 is 5.32 Å². The predicted octanol–water partition coefficient (Wildman–Crippen LogP) is 2.28. The molecular formula is C20H22N4O2. The summed E-state index contributed by atoms with van der Waals surface area (Å²) in [6, 6.07) is 13.8. The molecule has 1 aromatic heterocycles. The number of rotatable bonds is 4. The standard InChI is InChI=1S/C20H22N4O2/c1-23-19-16(11-21-23)9-15(10-18(19)25)20(26)22-17-7-8-24(13-17)12-14-5-3-2-4-6-14/h2-6,9-11,17,25H,7-8,12-13H2,1H3,(H,22,26)/t17-/m0/s1. The van der Waals surface area contributed by atoms with E-state index in [0.717, 1.165) is 31.4 Å². The third kappa shape index (κ3) is 3.28. The summed E-state index contributed by atoms with van der Waals surface area (Å²) in [6.07, 6.45) is 2.59. The molecule has 0 spiro atoms. The SMILES string of the molecule is Cn1ncc2cc(C(=O)N[C@H]3CCN(Cc4ccccc4)C3)cc(O)c21. The molecule has 3 aromatic rings. The van der Waals surface area contributed by atoms with Gasteiger partial charge in [0, 0.05) is 43.7 Å². The number of aromatic nitrogens is 2. The zero-order valence-corrected chi connectivity index (χ0v) is 14.7. The van der Waals surface area contributed by atoms with E-state index in [1.807, 2.05) is 18.2 Å². The summed E-state index contributed by atoms with van der Waals surface area (Å²) in [5.74, 6) is -0.0811. The maximum atomic E-state index is 12.6. The molecule has 1 fully saturated rings. The Balaban J connectivity index is 1.41. The molecule has 2 N–H and O–H groups in total. The lowest BCUT2D eigenvalue weighted by Crippen LogP contribution is -2.37. The van der Waals surface area contributed by atoms with E-state index in [2.05, 4.69) is 27.4 Å². The average molecular weight is 350 g/mol. The van der Waals surface area contributed by atoms with Gasteiger partial charge in [-0.05, 0) is 24.1 Å². The van der Waals surface area contributed by atoms with Crippen molar-refractivity contribution in [2.75, 3.05) is 13.1 Å². The number of likely N-dealkylation sites (tertiary alicyclic amines) is 1. The Bertz CT molecular complexity index is 936. The molecule has 1 atom stereocenters. The molecule has 1 saturated heterocycles. The number of carbonyl (C=O) groups is 1. The number of nitrogens with zero attached hydrogens (tertiary/aromatic N) is 3. The summed E-state index contributed by atoms with van der Waals surface area (Å²) < 4.78 is 1.60. The lowest BCUT2D eigenvalue weighted by Gasteiger charge is -2.17. The maximum absolute atomic E-state index is 12.6. The quantitative estimate of drug-likeness (QED) is 0.757. The van der Waals surface area contributed by atoms with Crippen LogP contribution in [0.4, 0.5) is 0 Å². The van der Waals surface area contributed by atoms with Crippen molar-refractivity contribution in [2.24, 2.45) is 7.05 Å². The van der Waals surface area contributed by atoms with Gasteiger partial charge in [-0.15, -0.1) is 0 Å². The van der Waals surface area contributed by atoms with E-state index in [-0.39, 0.29) is 17.7 Å². The Kier molecular flexibility index (Phi) is 4.34. The van der Waals surface area contributed by atoms with Gasteiger partial charge >= 0.3 is 0 Å². The van der Waals surface area contributed by atoms with Crippen molar-refractivity contribution in [3.8, 4) is 5.75 Å². The summed E-state index contributed by atoms with van der Waals surface area (Å²) >= 11 is 0. The molecule has 1 aliphatic rings. The molecule has 134 valence electrons. The molecule has 0 saturated carbocycles. The van der Waals surface area contributed by atoms with Crippen LogP contribution in [0.2, 0.25) is 0 Å². The molecule has 6 nitrogen and oxygen atoms in total. The van der Waals surface area contributed by atoms with Gasteiger partial charge in [0.1, 0.15) is 11.3 Å². The first kappa shape index (κ1) is 16.6. The predicted molar refractivity (Wildman–Crippen MR) is 100.0 cm³/mol. The molecule has 26 heavy (non-hydrogen) atoms. The minimum Gasteiger partial charge on any atom is -0.506 e. The number of hydrogen-bond acceptors (Lipinski definition) is 4.